The molecule has 0 spiro atoms. The van der Waals surface area contributed by atoms with Crippen molar-refractivity contribution in [2.75, 3.05) is 0 Å². The van der Waals surface area contributed by atoms with Crippen LogP contribution >= 0.6 is 11.3 Å². The Labute approximate surface area is 278 Å². The summed E-state index contributed by atoms with van der Waals surface area (Å²) in [6.07, 6.45) is 3.78. The van der Waals surface area contributed by atoms with E-state index >= 15 is 0 Å². The number of amides is 2. The van der Waals surface area contributed by atoms with Crippen LogP contribution in [0.1, 0.15) is 53.4 Å². The van der Waals surface area contributed by atoms with Gasteiger partial charge in [0.1, 0.15) is 12.1 Å². The number of carbonyl (C=O) groups excluding carboxylic acids is 2. The number of aliphatic carboxylic acids is 1. The van der Waals surface area contributed by atoms with Crippen LogP contribution in [-0.4, -0.2) is 44.9 Å². The van der Waals surface area contributed by atoms with Gasteiger partial charge in [0.2, 0.25) is 5.91 Å². The maximum atomic E-state index is 13.2. The average Bonchev–Trinajstić information content (AvgIpc) is 3.57. The summed E-state index contributed by atoms with van der Waals surface area (Å²) < 4.78 is 0. The molecule has 0 radical (unpaired) electrons. The molecule has 2 heterocycles. The topological polar surface area (TPSA) is 121 Å². The van der Waals surface area contributed by atoms with Crippen molar-refractivity contribution < 1.29 is 19.5 Å². The van der Waals surface area contributed by atoms with E-state index < -0.39 is 24.0 Å². The third kappa shape index (κ3) is 8.17. The minimum absolute atomic E-state index is 0.115. The number of nitrogens with zero attached hydrogens (tertiary/aromatic N) is 2. The van der Waals surface area contributed by atoms with Crippen molar-refractivity contribution >= 4 is 29.1 Å². The normalized spacial score (nSPS) is 12.6. The first-order valence-electron chi connectivity index (χ1n) is 15.4. The van der Waals surface area contributed by atoms with E-state index in [9.17, 15) is 19.5 Å². The number of thiophene rings is 1. The Bertz CT molecular complexity index is 1880. The molecule has 0 bridgehead atoms. The number of carboxylic acid groups (broad SMARTS) is 1. The summed E-state index contributed by atoms with van der Waals surface area (Å²) in [6.45, 7) is 9.69. The van der Waals surface area contributed by atoms with Crippen molar-refractivity contribution in [1.29, 1.82) is 0 Å². The standard InChI is InChI=1S/C38H38N4O4S/c1-23-19-28(15-16-30(23)26-9-7-6-8-10-26)29-21-39-34(40-22-29)27-13-11-25(12-14-27)20-31(35(43)41-24(2)37(45)46)42-36(44)32-17-18-33(47-32)38(3,4)5/h6-19,21-22,24,31H,20H2,1-5H3,(H,41,43)(H,42,44)(H,45,46)/t24-,31+/m1/s1. The predicted octanol–water partition coefficient (Wildman–Crippen LogP) is 7.08. The van der Waals surface area contributed by atoms with Crippen LogP contribution in [0.15, 0.2) is 97.3 Å². The number of carbonyl (C=O) groups is 3. The summed E-state index contributed by atoms with van der Waals surface area (Å²) in [5.41, 5.74) is 6.93. The molecule has 2 atom stereocenters. The van der Waals surface area contributed by atoms with Crippen LogP contribution in [0.3, 0.4) is 0 Å². The summed E-state index contributed by atoms with van der Waals surface area (Å²) in [4.78, 5) is 48.5. The Balaban J connectivity index is 1.30. The lowest BCUT2D eigenvalue weighted by Crippen LogP contribution is -2.51. The highest BCUT2D eigenvalue weighted by molar-refractivity contribution is 7.14. The highest BCUT2D eigenvalue weighted by atomic mass is 32.1. The number of hydrogen-bond acceptors (Lipinski definition) is 6. The van der Waals surface area contributed by atoms with Crippen molar-refractivity contribution in [3.05, 3.63) is 118 Å². The molecule has 9 heteroatoms. The predicted molar refractivity (Wildman–Crippen MR) is 186 cm³/mol. The van der Waals surface area contributed by atoms with Crippen molar-refractivity contribution in [2.24, 2.45) is 0 Å². The molecule has 0 aliphatic heterocycles. The van der Waals surface area contributed by atoms with E-state index in [1.807, 2.05) is 60.9 Å². The summed E-state index contributed by atoms with van der Waals surface area (Å²) in [5.74, 6) is -1.56. The number of benzene rings is 3. The molecule has 0 fully saturated rings. The van der Waals surface area contributed by atoms with Gasteiger partial charge in [-0.15, -0.1) is 11.3 Å². The molecule has 47 heavy (non-hydrogen) atoms. The second-order valence-corrected chi connectivity index (χ2v) is 13.7. The van der Waals surface area contributed by atoms with E-state index in [-0.39, 0.29) is 17.7 Å². The summed E-state index contributed by atoms with van der Waals surface area (Å²) in [7, 11) is 0. The molecule has 0 saturated heterocycles. The molecule has 5 aromatic rings. The van der Waals surface area contributed by atoms with Gasteiger partial charge in [0.15, 0.2) is 5.82 Å². The van der Waals surface area contributed by atoms with Gasteiger partial charge in [0.05, 0.1) is 4.88 Å². The highest BCUT2D eigenvalue weighted by Gasteiger charge is 2.26. The van der Waals surface area contributed by atoms with Crippen LogP contribution in [0.2, 0.25) is 0 Å². The summed E-state index contributed by atoms with van der Waals surface area (Å²) in [6, 6.07) is 25.6. The first kappa shape index (κ1) is 33.2. The number of aromatic nitrogens is 2. The van der Waals surface area contributed by atoms with Gasteiger partial charge in [-0.25, -0.2) is 9.97 Å². The first-order valence-corrected chi connectivity index (χ1v) is 16.2. The number of aryl methyl sites for hydroxylation is 1. The Morgan fingerprint density at radius 2 is 1.47 bits per heavy atom. The lowest BCUT2D eigenvalue weighted by Gasteiger charge is -2.20. The van der Waals surface area contributed by atoms with E-state index in [2.05, 4.69) is 78.6 Å². The number of hydrogen-bond donors (Lipinski definition) is 3. The lowest BCUT2D eigenvalue weighted by atomic mass is 9.95. The van der Waals surface area contributed by atoms with Gasteiger partial charge in [0, 0.05) is 34.8 Å². The van der Waals surface area contributed by atoms with E-state index in [0.29, 0.717) is 10.7 Å². The monoisotopic (exact) mass is 646 g/mol. The SMILES string of the molecule is Cc1cc(-c2cnc(-c3ccc(C[C@H](NC(=O)c4ccc(C(C)(C)C)s4)C(=O)N[C@H](C)C(=O)O)cc3)nc2)ccc1-c1ccccc1. The average molecular weight is 647 g/mol. The van der Waals surface area contributed by atoms with E-state index in [4.69, 9.17) is 0 Å². The van der Waals surface area contributed by atoms with Crippen molar-refractivity contribution in [1.82, 2.24) is 20.6 Å². The maximum Gasteiger partial charge on any atom is 0.325 e. The van der Waals surface area contributed by atoms with Crippen molar-refractivity contribution in [3.8, 4) is 33.6 Å². The second kappa shape index (κ2) is 14.1. The minimum Gasteiger partial charge on any atom is -0.480 e. The van der Waals surface area contributed by atoms with Gasteiger partial charge in [-0.3, -0.25) is 14.4 Å². The van der Waals surface area contributed by atoms with Crippen LogP contribution in [0, 0.1) is 6.92 Å². The quantitative estimate of drug-likeness (QED) is 0.149. The molecule has 5 rings (SSSR count). The van der Waals surface area contributed by atoms with Gasteiger partial charge in [-0.05, 0) is 59.2 Å². The fourth-order valence-corrected chi connectivity index (χ4v) is 6.08. The first-order chi connectivity index (χ1) is 22.4. The van der Waals surface area contributed by atoms with Gasteiger partial charge >= 0.3 is 5.97 Å². The second-order valence-electron chi connectivity index (χ2n) is 12.6. The number of rotatable bonds is 10. The maximum absolute atomic E-state index is 13.2. The summed E-state index contributed by atoms with van der Waals surface area (Å²) >= 11 is 1.37. The number of carboxylic acids is 1. The molecule has 0 saturated carbocycles. The number of nitrogens with one attached hydrogen (secondary N) is 2. The van der Waals surface area contributed by atoms with Gasteiger partial charge in [0.25, 0.3) is 5.91 Å². The van der Waals surface area contributed by atoms with Crippen molar-refractivity contribution in [3.63, 3.8) is 0 Å². The zero-order chi connectivity index (χ0) is 33.7. The Hall–Kier alpha value is -5.15. The largest absolute Gasteiger partial charge is 0.480 e. The van der Waals surface area contributed by atoms with Gasteiger partial charge in [-0.1, -0.05) is 93.6 Å². The van der Waals surface area contributed by atoms with Crippen LogP contribution in [0.5, 0.6) is 0 Å². The Morgan fingerprint density at radius 1 is 0.809 bits per heavy atom. The highest BCUT2D eigenvalue weighted by Crippen LogP contribution is 2.30. The van der Waals surface area contributed by atoms with Gasteiger partial charge < -0.3 is 15.7 Å². The zero-order valence-corrected chi connectivity index (χ0v) is 27.9. The molecule has 3 aromatic carbocycles. The molecule has 2 aromatic heterocycles. The Kier molecular flexibility index (Phi) is 9.96. The Morgan fingerprint density at radius 3 is 2.06 bits per heavy atom. The molecule has 0 aliphatic carbocycles. The third-order valence-electron chi connectivity index (χ3n) is 7.87. The molecule has 0 aliphatic rings. The van der Waals surface area contributed by atoms with Crippen LogP contribution in [0.4, 0.5) is 0 Å². The van der Waals surface area contributed by atoms with Crippen molar-refractivity contribution in [2.45, 2.75) is 58.5 Å². The molecular formula is C38H38N4O4S. The fourth-order valence-electron chi connectivity index (χ4n) is 5.11. The fraction of sp³-hybridized carbons (Fsp3) is 0.237. The van der Waals surface area contributed by atoms with Crippen LogP contribution in [0.25, 0.3) is 33.6 Å². The molecular weight excluding hydrogens is 609 g/mol. The summed E-state index contributed by atoms with van der Waals surface area (Å²) in [5, 5.41) is 14.6. The molecule has 0 unspecified atom stereocenters. The molecule has 2 amide bonds. The smallest absolute Gasteiger partial charge is 0.325 e. The third-order valence-corrected chi connectivity index (χ3v) is 9.38. The van der Waals surface area contributed by atoms with Crippen LogP contribution in [-0.2, 0) is 21.4 Å². The molecule has 8 nitrogen and oxygen atoms in total. The van der Waals surface area contributed by atoms with E-state index in [1.165, 1.54) is 35.0 Å². The lowest BCUT2D eigenvalue weighted by molar-refractivity contribution is -0.141. The van der Waals surface area contributed by atoms with E-state index in [1.54, 1.807) is 6.07 Å². The zero-order valence-electron chi connectivity index (χ0n) is 27.1. The molecule has 3 N–H and O–H groups in total. The van der Waals surface area contributed by atoms with Gasteiger partial charge in [-0.2, -0.15) is 0 Å². The van der Waals surface area contributed by atoms with Crippen LogP contribution < -0.4 is 10.6 Å². The van der Waals surface area contributed by atoms with E-state index in [0.717, 1.165) is 27.1 Å². The minimum atomic E-state index is -1.16. The molecule has 240 valence electrons.